The molecule has 2 amide bonds. The molecule has 0 aliphatic carbocycles. The normalized spacial score (nSPS) is 10.4. The lowest BCUT2D eigenvalue weighted by molar-refractivity contribution is -0.116. The molecule has 2 N–H and O–H groups in total. The third-order valence-electron chi connectivity index (χ3n) is 3.83. The van der Waals surface area contributed by atoms with E-state index in [4.69, 9.17) is 11.6 Å². The minimum absolute atomic E-state index is 0.100. The minimum atomic E-state index is -0.113. The van der Waals surface area contributed by atoms with E-state index < -0.39 is 0 Å². The average molecular weight is 400 g/mol. The summed E-state index contributed by atoms with van der Waals surface area (Å²) in [7, 11) is 0. The van der Waals surface area contributed by atoms with Gasteiger partial charge in [0.05, 0.1) is 5.69 Å². The van der Waals surface area contributed by atoms with Gasteiger partial charge in [0.15, 0.2) is 5.13 Å². The van der Waals surface area contributed by atoms with Gasteiger partial charge in [-0.25, -0.2) is 4.98 Å². The van der Waals surface area contributed by atoms with E-state index in [1.165, 1.54) is 18.3 Å². The summed E-state index contributed by atoms with van der Waals surface area (Å²) in [5, 5.41) is 8.66. The fourth-order valence-corrected chi connectivity index (χ4v) is 3.49. The van der Waals surface area contributed by atoms with Crippen molar-refractivity contribution in [1.82, 2.24) is 4.98 Å². The first-order valence-electron chi connectivity index (χ1n) is 8.38. The maximum absolute atomic E-state index is 12.2. The Bertz CT molecular complexity index is 954. The summed E-state index contributed by atoms with van der Waals surface area (Å²) in [6.07, 6.45) is 0.915. The summed E-state index contributed by atoms with van der Waals surface area (Å²) in [6, 6.07) is 14.9. The van der Waals surface area contributed by atoms with Crippen LogP contribution in [-0.4, -0.2) is 16.8 Å². The molecule has 7 heteroatoms. The van der Waals surface area contributed by atoms with Crippen LogP contribution in [0.3, 0.4) is 0 Å². The number of hydrogen-bond donors (Lipinski definition) is 2. The minimum Gasteiger partial charge on any atom is -0.326 e. The molecule has 0 aliphatic heterocycles. The molecule has 5 nitrogen and oxygen atoms in total. The second-order valence-electron chi connectivity index (χ2n) is 5.94. The first kappa shape index (κ1) is 19.1. The molecule has 0 atom stereocenters. The topological polar surface area (TPSA) is 71.1 Å². The van der Waals surface area contributed by atoms with Crippen LogP contribution in [0.15, 0.2) is 53.9 Å². The molecule has 3 rings (SSSR count). The van der Waals surface area contributed by atoms with Gasteiger partial charge in [0, 0.05) is 35.0 Å². The molecule has 0 saturated heterocycles. The third-order valence-corrected chi connectivity index (χ3v) is 4.96. The lowest BCUT2D eigenvalue weighted by atomic mass is 10.1. The predicted octanol–water partition coefficient (Wildman–Crippen LogP) is 4.99. The zero-order valence-corrected chi connectivity index (χ0v) is 16.2. The van der Waals surface area contributed by atoms with Crippen molar-refractivity contribution in [3.63, 3.8) is 0 Å². The van der Waals surface area contributed by atoms with E-state index in [9.17, 15) is 9.59 Å². The number of carbonyl (C=O) groups is 2. The summed E-state index contributed by atoms with van der Waals surface area (Å²) < 4.78 is 0. The largest absolute Gasteiger partial charge is 0.326 e. The molecule has 1 aromatic heterocycles. The summed E-state index contributed by atoms with van der Waals surface area (Å²) >= 11 is 7.49. The fraction of sp³-hybridized carbons (Fsp3) is 0.150. The van der Waals surface area contributed by atoms with E-state index in [-0.39, 0.29) is 11.8 Å². The van der Waals surface area contributed by atoms with Gasteiger partial charge in [0.25, 0.3) is 0 Å². The maximum atomic E-state index is 12.2. The first-order chi connectivity index (χ1) is 13.0. The number of nitrogens with one attached hydrogen (secondary N) is 2. The van der Waals surface area contributed by atoms with Crippen molar-refractivity contribution in [2.45, 2.75) is 19.8 Å². The fourth-order valence-electron chi connectivity index (χ4n) is 2.52. The van der Waals surface area contributed by atoms with Crippen molar-refractivity contribution in [2.75, 3.05) is 10.6 Å². The molecule has 0 fully saturated rings. The Hall–Kier alpha value is -2.70. The number of nitrogens with zero attached hydrogens (tertiary/aromatic N) is 1. The molecule has 138 valence electrons. The Labute approximate surface area is 166 Å². The molecular weight excluding hydrogens is 382 g/mol. The smallest absolute Gasteiger partial charge is 0.226 e. The number of aromatic nitrogens is 1. The van der Waals surface area contributed by atoms with Gasteiger partial charge in [-0.1, -0.05) is 41.9 Å². The lowest BCUT2D eigenvalue weighted by Crippen LogP contribution is -2.12. The van der Waals surface area contributed by atoms with Crippen LogP contribution >= 0.6 is 22.9 Å². The quantitative estimate of drug-likeness (QED) is 0.613. The van der Waals surface area contributed by atoms with Crippen LogP contribution in [0.1, 0.15) is 18.9 Å². The van der Waals surface area contributed by atoms with Crippen molar-refractivity contribution in [2.24, 2.45) is 0 Å². The van der Waals surface area contributed by atoms with Gasteiger partial charge in [0.1, 0.15) is 0 Å². The van der Waals surface area contributed by atoms with E-state index in [2.05, 4.69) is 15.6 Å². The number of benzene rings is 2. The molecule has 0 saturated carbocycles. The van der Waals surface area contributed by atoms with Gasteiger partial charge in [-0.05, 0) is 30.2 Å². The van der Waals surface area contributed by atoms with Gasteiger partial charge < -0.3 is 10.6 Å². The SMILES string of the molecule is CC(=O)Nc1ccc(-c2csc(NC(=O)CCc3ccccc3Cl)n2)cc1. The van der Waals surface area contributed by atoms with Crippen LogP contribution in [0.25, 0.3) is 11.3 Å². The number of amides is 2. The van der Waals surface area contributed by atoms with E-state index in [1.807, 2.05) is 53.9 Å². The molecule has 0 spiro atoms. The summed E-state index contributed by atoms with van der Waals surface area (Å²) in [5.41, 5.74) is 3.37. The second kappa shape index (κ2) is 8.79. The highest BCUT2D eigenvalue weighted by atomic mass is 35.5. The molecule has 0 unspecified atom stereocenters. The highest BCUT2D eigenvalue weighted by Crippen LogP contribution is 2.26. The molecule has 1 heterocycles. The van der Waals surface area contributed by atoms with Crippen LogP contribution in [0.5, 0.6) is 0 Å². The van der Waals surface area contributed by atoms with Crippen LogP contribution in [-0.2, 0) is 16.0 Å². The van der Waals surface area contributed by atoms with Gasteiger partial charge in [-0.3, -0.25) is 9.59 Å². The van der Waals surface area contributed by atoms with Gasteiger partial charge in [-0.15, -0.1) is 11.3 Å². The zero-order valence-electron chi connectivity index (χ0n) is 14.7. The number of rotatable bonds is 6. The highest BCUT2D eigenvalue weighted by molar-refractivity contribution is 7.14. The highest BCUT2D eigenvalue weighted by Gasteiger charge is 2.09. The number of thiazole rings is 1. The van der Waals surface area contributed by atoms with Crippen LogP contribution in [0.2, 0.25) is 5.02 Å². The van der Waals surface area contributed by atoms with E-state index in [0.717, 1.165) is 22.5 Å². The van der Waals surface area contributed by atoms with Crippen molar-refractivity contribution in [1.29, 1.82) is 0 Å². The summed E-state index contributed by atoms with van der Waals surface area (Å²) in [5.74, 6) is -0.213. The summed E-state index contributed by atoms with van der Waals surface area (Å²) in [4.78, 5) is 27.7. The van der Waals surface area contributed by atoms with E-state index in [1.54, 1.807) is 0 Å². The number of halogens is 1. The monoisotopic (exact) mass is 399 g/mol. The number of carbonyl (C=O) groups excluding carboxylic acids is 2. The van der Waals surface area contributed by atoms with Gasteiger partial charge in [-0.2, -0.15) is 0 Å². The Morgan fingerprint density at radius 2 is 1.81 bits per heavy atom. The Morgan fingerprint density at radius 1 is 1.07 bits per heavy atom. The molecule has 27 heavy (non-hydrogen) atoms. The van der Waals surface area contributed by atoms with Crippen molar-refractivity contribution < 1.29 is 9.59 Å². The Balaban J connectivity index is 1.58. The van der Waals surface area contributed by atoms with Gasteiger partial charge in [0.2, 0.25) is 11.8 Å². The third kappa shape index (κ3) is 5.39. The maximum Gasteiger partial charge on any atom is 0.226 e. The number of aryl methyl sites for hydroxylation is 1. The molecule has 0 aliphatic rings. The molecule has 0 bridgehead atoms. The van der Waals surface area contributed by atoms with Crippen molar-refractivity contribution in [3.05, 3.63) is 64.5 Å². The van der Waals surface area contributed by atoms with Gasteiger partial charge >= 0.3 is 0 Å². The van der Waals surface area contributed by atoms with E-state index >= 15 is 0 Å². The Kier molecular flexibility index (Phi) is 6.21. The lowest BCUT2D eigenvalue weighted by Gasteiger charge is -2.04. The predicted molar refractivity (Wildman–Crippen MR) is 110 cm³/mol. The second-order valence-corrected chi connectivity index (χ2v) is 7.20. The van der Waals surface area contributed by atoms with Crippen LogP contribution in [0, 0.1) is 0 Å². The van der Waals surface area contributed by atoms with Crippen molar-refractivity contribution >= 4 is 45.6 Å². The van der Waals surface area contributed by atoms with E-state index in [0.29, 0.717) is 23.0 Å². The standard InChI is InChI=1S/C20H18ClN3O2S/c1-13(25)22-16-9-6-15(7-10-16)18-12-27-20(23-18)24-19(26)11-8-14-4-2-3-5-17(14)21/h2-7,9-10,12H,8,11H2,1H3,(H,22,25)(H,23,24,26). The van der Waals surface area contributed by atoms with Crippen LogP contribution in [0.4, 0.5) is 10.8 Å². The van der Waals surface area contributed by atoms with Crippen LogP contribution < -0.4 is 10.6 Å². The first-order valence-corrected chi connectivity index (χ1v) is 9.64. The number of anilines is 2. The number of hydrogen-bond acceptors (Lipinski definition) is 4. The average Bonchev–Trinajstić information content (AvgIpc) is 3.09. The summed E-state index contributed by atoms with van der Waals surface area (Å²) in [6.45, 7) is 1.47. The zero-order chi connectivity index (χ0) is 19.2. The molecule has 0 radical (unpaired) electrons. The molecular formula is C20H18ClN3O2S. The Morgan fingerprint density at radius 3 is 2.52 bits per heavy atom. The molecule has 3 aromatic rings. The molecule has 2 aromatic carbocycles. The van der Waals surface area contributed by atoms with Crippen molar-refractivity contribution in [3.8, 4) is 11.3 Å².